The summed E-state index contributed by atoms with van der Waals surface area (Å²) < 4.78 is 11.9. The summed E-state index contributed by atoms with van der Waals surface area (Å²) in [6, 6.07) is 8.94. The molecule has 1 aromatic heterocycles. The van der Waals surface area contributed by atoms with E-state index in [-0.39, 0.29) is 5.56 Å². The van der Waals surface area contributed by atoms with Gasteiger partial charge in [0.2, 0.25) is 0 Å². The Morgan fingerprint density at radius 2 is 2.00 bits per heavy atom. The molecule has 0 aliphatic rings. The first-order chi connectivity index (χ1) is 10.2. The van der Waals surface area contributed by atoms with Crippen molar-refractivity contribution in [2.45, 2.75) is 13.0 Å². The maximum Gasteiger partial charge on any atom is 0.270 e. The highest BCUT2D eigenvalue weighted by Gasteiger charge is 2.03. The Kier molecular flexibility index (Phi) is 5.34. The summed E-state index contributed by atoms with van der Waals surface area (Å²) in [4.78, 5) is 12.0. The molecule has 21 heavy (non-hydrogen) atoms. The molecule has 0 saturated carbocycles. The molecule has 2 rings (SSSR count). The monoisotopic (exact) mass is 289 g/mol. The molecular weight excluding hydrogens is 270 g/mol. The lowest BCUT2D eigenvalue weighted by Gasteiger charge is -2.08. The van der Waals surface area contributed by atoms with Gasteiger partial charge >= 0.3 is 0 Å². The third kappa shape index (κ3) is 4.32. The van der Waals surface area contributed by atoms with Gasteiger partial charge in [0.05, 0.1) is 26.5 Å². The second-order valence-corrected chi connectivity index (χ2v) is 4.53. The first kappa shape index (κ1) is 15.1. The lowest BCUT2D eigenvalue weighted by Crippen LogP contribution is -2.22. The average Bonchev–Trinajstić information content (AvgIpc) is 2.51. The van der Waals surface area contributed by atoms with Crippen molar-refractivity contribution in [2.75, 3.05) is 20.3 Å². The first-order valence-corrected chi connectivity index (χ1v) is 6.76. The van der Waals surface area contributed by atoms with Crippen LogP contribution in [0.3, 0.4) is 0 Å². The minimum absolute atomic E-state index is 0.198. The van der Waals surface area contributed by atoms with Gasteiger partial charge in [0.25, 0.3) is 5.56 Å². The van der Waals surface area contributed by atoms with E-state index < -0.39 is 0 Å². The quantitative estimate of drug-likeness (QED) is 0.770. The third-order valence-electron chi connectivity index (χ3n) is 2.95. The molecule has 6 nitrogen and oxygen atoms in total. The summed E-state index contributed by atoms with van der Waals surface area (Å²) in [5.41, 5.74) is 6.16. The van der Waals surface area contributed by atoms with Crippen LogP contribution in [-0.2, 0) is 6.54 Å². The number of hydrogen-bond acceptors (Lipinski definition) is 5. The van der Waals surface area contributed by atoms with Crippen molar-refractivity contribution in [1.82, 2.24) is 9.78 Å². The van der Waals surface area contributed by atoms with Crippen LogP contribution in [0.5, 0.6) is 11.5 Å². The Bertz CT molecular complexity index is 623. The van der Waals surface area contributed by atoms with Gasteiger partial charge in [0.1, 0.15) is 11.5 Å². The number of rotatable bonds is 7. The van der Waals surface area contributed by atoms with Crippen molar-refractivity contribution in [3.8, 4) is 11.5 Å². The fraction of sp³-hybridized carbons (Fsp3) is 0.333. The van der Waals surface area contributed by atoms with Crippen molar-refractivity contribution in [1.29, 1.82) is 0 Å². The van der Waals surface area contributed by atoms with Gasteiger partial charge in [0, 0.05) is 6.07 Å². The van der Waals surface area contributed by atoms with Crippen LogP contribution in [0.15, 0.2) is 41.3 Å². The number of aromatic nitrogens is 2. The van der Waals surface area contributed by atoms with Crippen molar-refractivity contribution in [3.05, 3.63) is 52.4 Å². The van der Waals surface area contributed by atoms with Gasteiger partial charge in [-0.3, -0.25) is 4.79 Å². The Morgan fingerprint density at radius 3 is 2.62 bits per heavy atom. The topological polar surface area (TPSA) is 79.4 Å². The fourth-order valence-corrected chi connectivity index (χ4v) is 1.79. The normalized spacial score (nSPS) is 10.4. The largest absolute Gasteiger partial charge is 0.497 e. The predicted octanol–water partition coefficient (Wildman–Crippen LogP) is 1.03. The predicted molar refractivity (Wildman–Crippen MR) is 79.8 cm³/mol. The lowest BCUT2D eigenvalue weighted by atomic mass is 10.2. The van der Waals surface area contributed by atoms with Gasteiger partial charge in [-0.15, -0.1) is 0 Å². The Morgan fingerprint density at radius 1 is 1.24 bits per heavy atom. The zero-order valence-electron chi connectivity index (χ0n) is 12.0. The third-order valence-corrected chi connectivity index (χ3v) is 2.95. The van der Waals surface area contributed by atoms with E-state index in [1.165, 1.54) is 10.7 Å². The zero-order valence-corrected chi connectivity index (χ0v) is 12.0. The SMILES string of the molecule is COc1ccc(Cn2ncc(OCCCN)cc2=O)cc1. The van der Waals surface area contributed by atoms with Crippen molar-refractivity contribution in [2.24, 2.45) is 5.73 Å². The van der Waals surface area contributed by atoms with E-state index in [2.05, 4.69) is 5.10 Å². The zero-order chi connectivity index (χ0) is 15.1. The number of ether oxygens (including phenoxy) is 2. The van der Waals surface area contributed by atoms with E-state index in [1.54, 1.807) is 13.3 Å². The number of hydrogen-bond donors (Lipinski definition) is 1. The smallest absolute Gasteiger partial charge is 0.270 e. The van der Waals surface area contributed by atoms with Crippen LogP contribution in [0.4, 0.5) is 0 Å². The summed E-state index contributed by atoms with van der Waals surface area (Å²) in [7, 11) is 1.62. The van der Waals surface area contributed by atoms with Crippen LogP contribution < -0.4 is 20.8 Å². The van der Waals surface area contributed by atoms with Crippen molar-refractivity contribution < 1.29 is 9.47 Å². The molecule has 1 aromatic carbocycles. The Hall–Kier alpha value is -2.34. The highest BCUT2D eigenvalue weighted by molar-refractivity contribution is 5.27. The van der Waals surface area contributed by atoms with Crippen molar-refractivity contribution in [3.63, 3.8) is 0 Å². The summed E-state index contributed by atoms with van der Waals surface area (Å²) in [5, 5.41) is 4.11. The molecule has 0 fully saturated rings. The van der Waals surface area contributed by atoms with Gasteiger partial charge in [-0.1, -0.05) is 12.1 Å². The minimum Gasteiger partial charge on any atom is -0.497 e. The standard InChI is InChI=1S/C15H19N3O3/c1-20-13-5-3-12(4-6-13)11-18-15(19)9-14(10-17-18)21-8-2-7-16/h3-6,9-10H,2,7-8,11,16H2,1H3. The van der Waals surface area contributed by atoms with Gasteiger partial charge in [-0.25, -0.2) is 4.68 Å². The second kappa shape index (κ2) is 7.44. The molecule has 1 heterocycles. The molecule has 0 unspecified atom stereocenters. The molecule has 0 radical (unpaired) electrons. The van der Waals surface area contributed by atoms with Crippen LogP contribution in [0, 0.1) is 0 Å². The summed E-state index contributed by atoms with van der Waals surface area (Å²) in [6.45, 7) is 1.45. The van der Waals surface area contributed by atoms with Gasteiger partial charge in [-0.05, 0) is 30.7 Å². The van der Waals surface area contributed by atoms with Crippen LogP contribution >= 0.6 is 0 Å². The Labute approximate surface area is 123 Å². The minimum atomic E-state index is -0.198. The lowest BCUT2D eigenvalue weighted by molar-refractivity contribution is 0.309. The Balaban J connectivity index is 2.04. The molecule has 6 heteroatoms. The number of benzene rings is 1. The molecule has 2 aromatic rings. The molecule has 0 spiro atoms. The average molecular weight is 289 g/mol. The van der Waals surface area contributed by atoms with E-state index in [9.17, 15) is 4.79 Å². The van der Waals surface area contributed by atoms with E-state index in [0.29, 0.717) is 25.4 Å². The van der Waals surface area contributed by atoms with Gasteiger partial charge < -0.3 is 15.2 Å². The summed E-state index contributed by atoms with van der Waals surface area (Å²) in [6.07, 6.45) is 2.29. The van der Waals surface area contributed by atoms with Crippen LogP contribution in [-0.4, -0.2) is 30.0 Å². The highest BCUT2D eigenvalue weighted by atomic mass is 16.5. The molecular formula is C15H19N3O3. The summed E-state index contributed by atoms with van der Waals surface area (Å²) in [5.74, 6) is 1.25. The van der Waals surface area contributed by atoms with Gasteiger partial charge in [-0.2, -0.15) is 5.10 Å². The maximum absolute atomic E-state index is 12.0. The first-order valence-electron chi connectivity index (χ1n) is 6.76. The van der Waals surface area contributed by atoms with Crippen LogP contribution in [0.25, 0.3) is 0 Å². The number of nitrogens with zero attached hydrogens (tertiary/aromatic N) is 2. The highest BCUT2D eigenvalue weighted by Crippen LogP contribution is 2.12. The molecule has 0 atom stereocenters. The number of methoxy groups -OCH3 is 1. The van der Waals surface area contributed by atoms with E-state index in [4.69, 9.17) is 15.2 Å². The molecule has 0 saturated heterocycles. The van der Waals surface area contributed by atoms with Crippen molar-refractivity contribution >= 4 is 0 Å². The molecule has 2 N–H and O–H groups in total. The van der Waals surface area contributed by atoms with E-state index >= 15 is 0 Å². The summed E-state index contributed by atoms with van der Waals surface area (Å²) >= 11 is 0. The molecule has 0 aliphatic carbocycles. The maximum atomic E-state index is 12.0. The van der Waals surface area contributed by atoms with Crippen LogP contribution in [0.1, 0.15) is 12.0 Å². The molecule has 112 valence electrons. The molecule has 0 aliphatic heterocycles. The molecule has 0 bridgehead atoms. The van der Waals surface area contributed by atoms with E-state index in [1.807, 2.05) is 24.3 Å². The number of nitrogens with two attached hydrogens (primary N) is 1. The second-order valence-electron chi connectivity index (χ2n) is 4.53. The molecule has 0 amide bonds. The van der Waals surface area contributed by atoms with Gasteiger partial charge in [0.15, 0.2) is 0 Å². The van der Waals surface area contributed by atoms with Crippen LogP contribution in [0.2, 0.25) is 0 Å². The van der Waals surface area contributed by atoms with E-state index in [0.717, 1.165) is 17.7 Å². The fourth-order valence-electron chi connectivity index (χ4n) is 1.79.